The van der Waals surface area contributed by atoms with Crippen molar-refractivity contribution >= 4 is 11.6 Å². The van der Waals surface area contributed by atoms with Gasteiger partial charge in [-0.2, -0.15) is 5.26 Å². The lowest BCUT2D eigenvalue weighted by atomic mass is 10.1. The number of rotatable bonds is 4. The van der Waals surface area contributed by atoms with Gasteiger partial charge in [-0.25, -0.2) is 0 Å². The van der Waals surface area contributed by atoms with Gasteiger partial charge in [0.1, 0.15) is 12.4 Å². The first-order valence-corrected chi connectivity index (χ1v) is 6.65. The van der Waals surface area contributed by atoms with Gasteiger partial charge in [-0.1, -0.05) is 29.8 Å². The quantitative estimate of drug-likeness (QED) is 0.930. The highest BCUT2D eigenvalue weighted by atomic mass is 35.5. The minimum absolute atomic E-state index is 0.171. The molecule has 0 aromatic heterocycles. The van der Waals surface area contributed by atoms with Crippen LogP contribution in [0, 0.1) is 11.3 Å². The van der Waals surface area contributed by atoms with Crippen LogP contribution in [0.1, 0.15) is 29.7 Å². The zero-order chi connectivity index (χ0) is 14.5. The number of benzene rings is 2. The van der Waals surface area contributed by atoms with Crippen LogP contribution in [0.3, 0.4) is 0 Å². The predicted octanol–water partition coefficient (Wildman–Crippen LogP) is 3.81. The molecule has 0 spiro atoms. The molecule has 102 valence electrons. The summed E-state index contributed by atoms with van der Waals surface area (Å²) in [5.74, 6) is 0.692. The normalized spacial score (nSPS) is 11.7. The van der Waals surface area contributed by atoms with Crippen molar-refractivity contribution in [2.45, 2.75) is 19.6 Å². The predicted molar refractivity (Wildman–Crippen MR) is 79.5 cm³/mol. The summed E-state index contributed by atoms with van der Waals surface area (Å²) in [5, 5.41) is 9.68. The minimum Gasteiger partial charge on any atom is -0.489 e. The average molecular weight is 287 g/mol. The van der Waals surface area contributed by atoms with Gasteiger partial charge < -0.3 is 10.5 Å². The van der Waals surface area contributed by atoms with Crippen molar-refractivity contribution in [3.63, 3.8) is 0 Å². The molecule has 1 atom stereocenters. The van der Waals surface area contributed by atoms with Crippen molar-refractivity contribution in [3.8, 4) is 11.8 Å². The summed E-state index contributed by atoms with van der Waals surface area (Å²) in [4.78, 5) is 0. The van der Waals surface area contributed by atoms with Gasteiger partial charge in [0.15, 0.2) is 0 Å². The maximum absolute atomic E-state index is 9.05. The second-order valence-corrected chi connectivity index (χ2v) is 4.96. The molecule has 0 heterocycles. The number of nitrogens with two attached hydrogens (primary N) is 1. The molecule has 2 N–H and O–H groups in total. The second kappa shape index (κ2) is 6.42. The van der Waals surface area contributed by atoms with Gasteiger partial charge in [-0.3, -0.25) is 0 Å². The summed E-state index contributed by atoms with van der Waals surface area (Å²) in [6, 6.07) is 14.7. The first-order chi connectivity index (χ1) is 9.61. The molecule has 0 aliphatic rings. The van der Waals surface area contributed by atoms with Gasteiger partial charge in [0.2, 0.25) is 0 Å². The molecule has 2 aromatic rings. The van der Waals surface area contributed by atoms with Crippen molar-refractivity contribution in [1.29, 1.82) is 5.26 Å². The molecular formula is C16H15ClN2O. The molecule has 0 fully saturated rings. The number of nitriles is 1. The SMILES string of the molecule is CC(N)c1cc(Cl)ccc1OCc1ccccc1C#N. The highest BCUT2D eigenvalue weighted by molar-refractivity contribution is 6.30. The molecule has 20 heavy (non-hydrogen) atoms. The van der Waals surface area contributed by atoms with E-state index in [2.05, 4.69) is 6.07 Å². The fourth-order valence-corrected chi connectivity index (χ4v) is 2.10. The summed E-state index contributed by atoms with van der Waals surface area (Å²) < 4.78 is 5.79. The van der Waals surface area contributed by atoms with E-state index >= 15 is 0 Å². The Kier molecular flexibility index (Phi) is 4.62. The summed E-state index contributed by atoms with van der Waals surface area (Å²) in [5.41, 5.74) is 8.23. The molecule has 2 rings (SSSR count). The molecule has 0 saturated heterocycles. The largest absolute Gasteiger partial charge is 0.489 e. The van der Waals surface area contributed by atoms with Crippen molar-refractivity contribution in [2.75, 3.05) is 0 Å². The molecule has 2 aromatic carbocycles. The molecule has 0 saturated carbocycles. The van der Waals surface area contributed by atoms with Crippen molar-refractivity contribution < 1.29 is 4.74 Å². The smallest absolute Gasteiger partial charge is 0.124 e. The molecule has 0 aliphatic heterocycles. The van der Waals surface area contributed by atoms with E-state index in [9.17, 15) is 0 Å². The first kappa shape index (κ1) is 14.4. The Morgan fingerprint density at radius 1 is 1.30 bits per heavy atom. The van der Waals surface area contributed by atoms with Gasteiger partial charge in [0.25, 0.3) is 0 Å². The topological polar surface area (TPSA) is 59.0 Å². The third-order valence-corrected chi connectivity index (χ3v) is 3.22. The van der Waals surface area contributed by atoms with E-state index < -0.39 is 0 Å². The van der Waals surface area contributed by atoms with E-state index in [1.807, 2.05) is 25.1 Å². The van der Waals surface area contributed by atoms with Crippen LogP contribution in [0.15, 0.2) is 42.5 Å². The maximum atomic E-state index is 9.05. The van der Waals surface area contributed by atoms with Crippen molar-refractivity contribution in [2.24, 2.45) is 5.73 Å². The van der Waals surface area contributed by atoms with E-state index in [1.54, 1.807) is 24.3 Å². The van der Waals surface area contributed by atoms with E-state index in [0.29, 0.717) is 22.9 Å². The van der Waals surface area contributed by atoms with Crippen LogP contribution in [-0.2, 0) is 6.61 Å². The Morgan fingerprint density at radius 3 is 2.75 bits per heavy atom. The Bertz CT molecular complexity index is 647. The van der Waals surface area contributed by atoms with Crippen molar-refractivity contribution in [3.05, 3.63) is 64.2 Å². The van der Waals surface area contributed by atoms with Crippen LogP contribution in [0.4, 0.5) is 0 Å². The van der Waals surface area contributed by atoms with E-state index in [0.717, 1.165) is 11.1 Å². The summed E-state index contributed by atoms with van der Waals surface area (Å²) in [6.07, 6.45) is 0. The maximum Gasteiger partial charge on any atom is 0.124 e. The standard InChI is InChI=1S/C16H15ClN2O/c1-11(19)15-8-14(17)6-7-16(15)20-10-13-5-3-2-4-12(13)9-18/h2-8,11H,10,19H2,1H3. The summed E-state index contributed by atoms with van der Waals surface area (Å²) in [7, 11) is 0. The number of halogens is 1. The van der Waals surface area contributed by atoms with Crippen LogP contribution in [0.5, 0.6) is 5.75 Å². The van der Waals surface area contributed by atoms with Crippen LogP contribution in [0.2, 0.25) is 5.02 Å². The molecule has 0 aliphatic carbocycles. The average Bonchev–Trinajstić information content (AvgIpc) is 2.46. The van der Waals surface area contributed by atoms with E-state index in [1.165, 1.54) is 0 Å². The molecule has 3 nitrogen and oxygen atoms in total. The van der Waals surface area contributed by atoms with E-state index in [-0.39, 0.29) is 6.04 Å². The third-order valence-electron chi connectivity index (χ3n) is 2.98. The Labute approximate surface area is 123 Å². The van der Waals surface area contributed by atoms with Crippen LogP contribution in [0.25, 0.3) is 0 Å². The van der Waals surface area contributed by atoms with Gasteiger partial charge in [-0.05, 0) is 31.2 Å². The van der Waals surface area contributed by atoms with Gasteiger partial charge in [-0.15, -0.1) is 0 Å². The van der Waals surface area contributed by atoms with E-state index in [4.69, 9.17) is 27.3 Å². The van der Waals surface area contributed by atoms with Gasteiger partial charge in [0, 0.05) is 22.2 Å². The van der Waals surface area contributed by atoms with Crippen molar-refractivity contribution in [1.82, 2.24) is 0 Å². The molecule has 0 bridgehead atoms. The Morgan fingerprint density at radius 2 is 2.05 bits per heavy atom. The summed E-state index contributed by atoms with van der Waals surface area (Å²) in [6.45, 7) is 2.20. The minimum atomic E-state index is -0.171. The lowest BCUT2D eigenvalue weighted by Crippen LogP contribution is -2.08. The molecule has 0 radical (unpaired) electrons. The number of ether oxygens (including phenoxy) is 1. The van der Waals surface area contributed by atoms with Crippen LogP contribution >= 0.6 is 11.6 Å². The molecule has 0 amide bonds. The highest BCUT2D eigenvalue weighted by Crippen LogP contribution is 2.28. The highest BCUT2D eigenvalue weighted by Gasteiger charge is 2.10. The molecule has 1 unspecified atom stereocenters. The number of hydrogen-bond donors (Lipinski definition) is 1. The first-order valence-electron chi connectivity index (χ1n) is 6.27. The van der Waals surface area contributed by atoms with Crippen LogP contribution < -0.4 is 10.5 Å². The van der Waals surface area contributed by atoms with Gasteiger partial charge in [0.05, 0.1) is 11.6 Å². The zero-order valence-corrected chi connectivity index (χ0v) is 11.9. The number of hydrogen-bond acceptors (Lipinski definition) is 3. The monoisotopic (exact) mass is 286 g/mol. The van der Waals surface area contributed by atoms with Gasteiger partial charge >= 0.3 is 0 Å². The Hall–Kier alpha value is -2.02. The fraction of sp³-hybridized carbons (Fsp3) is 0.188. The molecule has 4 heteroatoms. The third kappa shape index (κ3) is 3.30. The number of nitrogens with zero attached hydrogens (tertiary/aromatic N) is 1. The summed E-state index contributed by atoms with van der Waals surface area (Å²) >= 11 is 5.97. The second-order valence-electron chi connectivity index (χ2n) is 4.53. The molecular weight excluding hydrogens is 272 g/mol. The Balaban J connectivity index is 2.21. The zero-order valence-electron chi connectivity index (χ0n) is 11.1. The fourth-order valence-electron chi connectivity index (χ4n) is 1.92. The van der Waals surface area contributed by atoms with Crippen LogP contribution in [-0.4, -0.2) is 0 Å². The lowest BCUT2D eigenvalue weighted by Gasteiger charge is -2.15. The lowest BCUT2D eigenvalue weighted by molar-refractivity contribution is 0.301.